The van der Waals surface area contributed by atoms with Gasteiger partial charge in [0.25, 0.3) is 11.5 Å². The molecule has 2 aromatic heterocycles. The maximum absolute atomic E-state index is 15.2. The van der Waals surface area contributed by atoms with Crippen LogP contribution in [0.5, 0.6) is 0 Å². The van der Waals surface area contributed by atoms with Crippen LogP contribution in [0.1, 0.15) is 40.2 Å². The number of benzene rings is 1. The SMILES string of the molecule is Cc1c(C(=O)NC2C=C(F)C(C3=CCCc4[nH]nc(N)c43)=CC2)c(=O)n(-c2ccccc2)n1C. The molecule has 5 rings (SSSR count). The number of nitrogens with two attached hydrogens (primary N) is 1. The number of nitrogen functional groups attached to an aromatic ring is 1. The lowest BCUT2D eigenvalue weighted by Gasteiger charge is -2.22. The highest BCUT2D eigenvalue weighted by atomic mass is 19.1. The molecule has 1 unspecified atom stereocenters. The number of aromatic nitrogens is 4. The predicted molar refractivity (Wildman–Crippen MR) is 128 cm³/mol. The lowest BCUT2D eigenvalue weighted by molar-refractivity contribution is 0.0942. The molecule has 2 aliphatic rings. The van der Waals surface area contributed by atoms with Crippen LogP contribution in [-0.4, -0.2) is 31.5 Å². The van der Waals surface area contributed by atoms with E-state index >= 15 is 4.39 Å². The fourth-order valence-electron chi connectivity index (χ4n) is 4.67. The number of hydrogen-bond acceptors (Lipinski definition) is 4. The fourth-order valence-corrected chi connectivity index (χ4v) is 4.67. The van der Waals surface area contributed by atoms with Crippen molar-refractivity contribution in [3.63, 3.8) is 0 Å². The fraction of sp³-hybridized carbons (Fsp3) is 0.240. The van der Waals surface area contributed by atoms with Crippen LogP contribution in [0.15, 0.2) is 64.8 Å². The summed E-state index contributed by atoms with van der Waals surface area (Å²) in [6.07, 6.45) is 7.02. The summed E-state index contributed by atoms with van der Waals surface area (Å²) in [5.74, 6) is -0.626. The van der Waals surface area contributed by atoms with E-state index in [9.17, 15) is 9.59 Å². The average molecular weight is 461 g/mol. The molecule has 0 spiro atoms. The van der Waals surface area contributed by atoms with Crippen molar-refractivity contribution in [2.75, 3.05) is 5.73 Å². The monoisotopic (exact) mass is 460 g/mol. The first-order valence-corrected chi connectivity index (χ1v) is 11.1. The molecule has 4 N–H and O–H groups in total. The van der Waals surface area contributed by atoms with Crippen LogP contribution < -0.4 is 16.6 Å². The Kier molecular flexibility index (Phi) is 5.31. The van der Waals surface area contributed by atoms with Crippen LogP contribution in [-0.2, 0) is 13.5 Å². The molecule has 8 nitrogen and oxygen atoms in total. The number of allylic oxidation sites excluding steroid dienone is 4. The van der Waals surface area contributed by atoms with Gasteiger partial charge < -0.3 is 11.1 Å². The van der Waals surface area contributed by atoms with E-state index in [0.717, 1.165) is 29.7 Å². The zero-order valence-electron chi connectivity index (χ0n) is 18.9. The molecule has 0 radical (unpaired) electrons. The molecule has 2 aliphatic carbocycles. The van der Waals surface area contributed by atoms with E-state index in [4.69, 9.17) is 5.73 Å². The maximum Gasteiger partial charge on any atom is 0.284 e. The number of carbonyl (C=O) groups is 1. The second-order valence-electron chi connectivity index (χ2n) is 8.50. The Labute approximate surface area is 195 Å². The Morgan fingerprint density at radius 1 is 1.24 bits per heavy atom. The van der Waals surface area contributed by atoms with Gasteiger partial charge in [-0.1, -0.05) is 30.4 Å². The largest absolute Gasteiger partial charge is 0.382 e. The Morgan fingerprint density at radius 3 is 2.74 bits per heavy atom. The number of anilines is 1. The van der Waals surface area contributed by atoms with Gasteiger partial charge in [0.1, 0.15) is 11.4 Å². The normalized spacial score (nSPS) is 17.5. The van der Waals surface area contributed by atoms with Crippen molar-refractivity contribution in [2.45, 2.75) is 32.2 Å². The molecule has 0 saturated heterocycles. The molecule has 1 atom stereocenters. The standard InChI is InChI=1S/C25H25FN6O2/c1-14-21(25(34)32(31(14)2)16-7-4-3-5-8-16)24(33)28-15-11-12-17(19(26)13-15)18-9-6-10-20-22(18)23(27)30-29-20/h3-5,7-9,12-13,15H,6,10-11H2,1-2H3,(H,28,33)(H3,27,29,30). The Morgan fingerprint density at radius 2 is 2.00 bits per heavy atom. The van der Waals surface area contributed by atoms with Gasteiger partial charge in [0.05, 0.1) is 17.4 Å². The first-order valence-electron chi connectivity index (χ1n) is 11.1. The van der Waals surface area contributed by atoms with Crippen LogP contribution in [0.2, 0.25) is 0 Å². The minimum atomic E-state index is -0.578. The number of rotatable bonds is 4. The number of nitrogens with one attached hydrogen (secondary N) is 2. The van der Waals surface area contributed by atoms with Gasteiger partial charge in [-0.05, 0) is 50.0 Å². The second kappa shape index (κ2) is 8.33. The second-order valence-corrected chi connectivity index (χ2v) is 8.50. The van der Waals surface area contributed by atoms with E-state index in [1.54, 1.807) is 36.9 Å². The number of carbonyl (C=O) groups excluding carboxylic acids is 1. The smallest absolute Gasteiger partial charge is 0.284 e. The number of fused-ring (bicyclic) bond motifs is 1. The van der Waals surface area contributed by atoms with Gasteiger partial charge in [-0.25, -0.2) is 9.07 Å². The highest BCUT2D eigenvalue weighted by molar-refractivity contribution is 5.95. The van der Waals surface area contributed by atoms with Gasteiger partial charge >= 0.3 is 0 Å². The Bertz CT molecular complexity index is 1440. The van der Waals surface area contributed by atoms with E-state index in [2.05, 4.69) is 15.5 Å². The van der Waals surface area contributed by atoms with E-state index in [1.165, 1.54) is 10.8 Å². The summed E-state index contributed by atoms with van der Waals surface area (Å²) >= 11 is 0. The van der Waals surface area contributed by atoms with Crippen molar-refractivity contribution < 1.29 is 9.18 Å². The van der Waals surface area contributed by atoms with Crippen LogP contribution in [0, 0.1) is 6.92 Å². The topological polar surface area (TPSA) is 111 Å². The number of hydrogen-bond donors (Lipinski definition) is 3. The van der Waals surface area contributed by atoms with Gasteiger partial charge in [-0.2, -0.15) is 5.10 Å². The first-order chi connectivity index (χ1) is 16.4. The highest BCUT2D eigenvalue weighted by Crippen LogP contribution is 2.39. The highest BCUT2D eigenvalue weighted by Gasteiger charge is 2.28. The summed E-state index contributed by atoms with van der Waals surface area (Å²) in [4.78, 5) is 26.2. The quantitative estimate of drug-likeness (QED) is 0.556. The molecule has 0 bridgehead atoms. The number of para-hydroxylation sites is 1. The number of halogens is 1. The maximum atomic E-state index is 15.2. The first kappa shape index (κ1) is 21.7. The molecule has 0 aliphatic heterocycles. The molecular formula is C25H25FN6O2. The third-order valence-electron chi connectivity index (χ3n) is 6.45. The molecule has 9 heteroatoms. The number of nitrogens with zero attached hydrogens (tertiary/aromatic N) is 3. The number of aryl methyl sites for hydroxylation is 1. The van der Waals surface area contributed by atoms with Crippen molar-refractivity contribution in [3.8, 4) is 5.69 Å². The predicted octanol–water partition coefficient (Wildman–Crippen LogP) is 3.10. The third kappa shape index (κ3) is 3.49. The summed E-state index contributed by atoms with van der Waals surface area (Å²) in [6.45, 7) is 1.72. The van der Waals surface area contributed by atoms with Crippen molar-refractivity contribution in [3.05, 3.63) is 92.8 Å². The summed E-state index contributed by atoms with van der Waals surface area (Å²) in [5.41, 5.74) is 9.61. The summed E-state index contributed by atoms with van der Waals surface area (Å²) in [5, 5.41) is 9.77. The molecule has 174 valence electrons. The lowest BCUT2D eigenvalue weighted by atomic mass is 9.87. The van der Waals surface area contributed by atoms with Crippen molar-refractivity contribution in [2.24, 2.45) is 7.05 Å². The van der Waals surface area contributed by atoms with Gasteiger partial charge in [-0.3, -0.25) is 19.4 Å². The third-order valence-corrected chi connectivity index (χ3v) is 6.45. The van der Waals surface area contributed by atoms with E-state index in [1.807, 2.05) is 24.3 Å². The van der Waals surface area contributed by atoms with Gasteiger partial charge in [0, 0.05) is 23.9 Å². The van der Waals surface area contributed by atoms with Crippen LogP contribution in [0.4, 0.5) is 10.2 Å². The van der Waals surface area contributed by atoms with Crippen LogP contribution >= 0.6 is 0 Å². The molecule has 34 heavy (non-hydrogen) atoms. The van der Waals surface area contributed by atoms with Crippen molar-refractivity contribution >= 4 is 17.3 Å². The van der Waals surface area contributed by atoms with Crippen molar-refractivity contribution in [1.82, 2.24) is 24.9 Å². The summed E-state index contributed by atoms with van der Waals surface area (Å²) in [6, 6.07) is 8.52. The molecule has 2 heterocycles. The van der Waals surface area contributed by atoms with E-state index in [-0.39, 0.29) is 5.56 Å². The number of amides is 1. The molecule has 0 saturated carbocycles. The molecule has 1 amide bonds. The Balaban J connectivity index is 1.38. The lowest BCUT2D eigenvalue weighted by Crippen LogP contribution is -2.37. The molecule has 3 aromatic rings. The molecule has 1 aromatic carbocycles. The van der Waals surface area contributed by atoms with Crippen molar-refractivity contribution in [1.29, 1.82) is 0 Å². The molecule has 0 fully saturated rings. The minimum Gasteiger partial charge on any atom is -0.382 e. The van der Waals surface area contributed by atoms with Gasteiger partial charge in [-0.15, -0.1) is 0 Å². The van der Waals surface area contributed by atoms with E-state index < -0.39 is 23.3 Å². The number of H-pyrrole nitrogens is 1. The van der Waals surface area contributed by atoms with Gasteiger partial charge in [0.2, 0.25) is 0 Å². The Hall–Kier alpha value is -4.14. The number of aromatic amines is 1. The molecular weight excluding hydrogens is 435 g/mol. The minimum absolute atomic E-state index is 0.0424. The van der Waals surface area contributed by atoms with Gasteiger partial charge in [0.15, 0.2) is 5.82 Å². The van der Waals surface area contributed by atoms with Crippen LogP contribution in [0.25, 0.3) is 11.3 Å². The summed E-state index contributed by atoms with van der Waals surface area (Å²) < 4.78 is 18.3. The zero-order chi connectivity index (χ0) is 24.0. The van der Waals surface area contributed by atoms with E-state index in [0.29, 0.717) is 29.2 Å². The van der Waals surface area contributed by atoms with Crippen LogP contribution in [0.3, 0.4) is 0 Å². The summed E-state index contributed by atoms with van der Waals surface area (Å²) in [7, 11) is 1.73. The zero-order valence-corrected chi connectivity index (χ0v) is 18.9. The average Bonchev–Trinajstić information content (AvgIpc) is 3.31.